The van der Waals surface area contributed by atoms with Gasteiger partial charge in [-0.1, -0.05) is 12.1 Å². The van der Waals surface area contributed by atoms with Gasteiger partial charge >= 0.3 is 0 Å². The molecule has 0 bridgehead atoms. The standard InChI is InChI=1S/C31H38N4O5/c1-36-24-8-6-7-23(18-24)34-15-13-33(14-16-34)12-11-26-25-19-30(39-4)31(40-5)20-27(25)35(32-26)21-22-9-10-28(37-2)29(17-22)38-3/h6-10,17-20H,11-16,21H2,1-5H3. The highest BCUT2D eigenvalue weighted by molar-refractivity contribution is 5.86. The van der Waals surface area contributed by atoms with Gasteiger partial charge in [0.1, 0.15) is 5.75 Å². The maximum atomic E-state index is 5.63. The van der Waals surface area contributed by atoms with Crippen molar-refractivity contribution in [2.24, 2.45) is 0 Å². The van der Waals surface area contributed by atoms with Crippen LogP contribution in [0.25, 0.3) is 10.9 Å². The Morgan fingerprint density at radius 1 is 0.700 bits per heavy atom. The molecule has 0 saturated carbocycles. The molecular weight excluding hydrogens is 508 g/mol. The molecule has 0 unspecified atom stereocenters. The van der Waals surface area contributed by atoms with Crippen LogP contribution in [0.3, 0.4) is 0 Å². The number of benzene rings is 3. The van der Waals surface area contributed by atoms with E-state index in [2.05, 4.69) is 21.9 Å². The maximum absolute atomic E-state index is 5.63. The van der Waals surface area contributed by atoms with Crippen LogP contribution in [-0.4, -0.2) is 83.0 Å². The van der Waals surface area contributed by atoms with Crippen LogP contribution in [0.4, 0.5) is 5.69 Å². The molecule has 2 heterocycles. The number of rotatable bonds is 11. The third-order valence-electron chi connectivity index (χ3n) is 7.57. The molecule has 1 aliphatic heterocycles. The van der Waals surface area contributed by atoms with Crippen molar-refractivity contribution < 1.29 is 23.7 Å². The molecule has 1 saturated heterocycles. The summed E-state index contributed by atoms with van der Waals surface area (Å²) in [6, 6.07) is 18.3. The summed E-state index contributed by atoms with van der Waals surface area (Å²) >= 11 is 0. The van der Waals surface area contributed by atoms with E-state index >= 15 is 0 Å². The van der Waals surface area contributed by atoms with Gasteiger partial charge in [0, 0.05) is 62.4 Å². The molecule has 9 heteroatoms. The quantitative estimate of drug-likeness (QED) is 0.273. The lowest BCUT2D eigenvalue weighted by molar-refractivity contribution is 0.260. The molecule has 5 rings (SSSR count). The Kier molecular flexibility index (Phi) is 8.50. The smallest absolute Gasteiger partial charge is 0.162 e. The van der Waals surface area contributed by atoms with Gasteiger partial charge in [-0.2, -0.15) is 5.10 Å². The van der Waals surface area contributed by atoms with E-state index in [0.29, 0.717) is 29.5 Å². The van der Waals surface area contributed by atoms with E-state index in [-0.39, 0.29) is 0 Å². The highest BCUT2D eigenvalue weighted by Crippen LogP contribution is 2.35. The first kappa shape index (κ1) is 27.5. The van der Waals surface area contributed by atoms with Crippen LogP contribution in [0.2, 0.25) is 0 Å². The number of piperazine rings is 1. The Labute approximate surface area is 235 Å². The Bertz CT molecular complexity index is 1450. The summed E-state index contributed by atoms with van der Waals surface area (Å²) < 4.78 is 29.6. The zero-order valence-electron chi connectivity index (χ0n) is 24.0. The Hall–Kier alpha value is -4.11. The van der Waals surface area contributed by atoms with Crippen LogP contribution < -0.4 is 28.6 Å². The molecule has 0 atom stereocenters. The van der Waals surface area contributed by atoms with E-state index in [9.17, 15) is 0 Å². The number of aromatic nitrogens is 2. The van der Waals surface area contributed by atoms with Crippen LogP contribution in [0.1, 0.15) is 11.3 Å². The van der Waals surface area contributed by atoms with Crippen molar-refractivity contribution in [3.8, 4) is 28.7 Å². The normalized spacial score (nSPS) is 13.9. The third kappa shape index (κ3) is 5.74. The average Bonchev–Trinajstić information content (AvgIpc) is 3.34. The molecule has 0 spiro atoms. The molecule has 1 fully saturated rings. The number of nitrogens with zero attached hydrogens (tertiary/aromatic N) is 4. The van der Waals surface area contributed by atoms with Gasteiger partial charge in [-0.15, -0.1) is 0 Å². The minimum Gasteiger partial charge on any atom is -0.497 e. The van der Waals surface area contributed by atoms with E-state index in [0.717, 1.165) is 67.1 Å². The molecule has 0 aliphatic carbocycles. The SMILES string of the molecule is COc1cccc(N2CCN(CCc3nn(Cc4ccc(OC)c(OC)c4)c4cc(OC)c(OC)cc34)CC2)c1. The Morgan fingerprint density at radius 3 is 2.10 bits per heavy atom. The fourth-order valence-electron chi connectivity index (χ4n) is 5.32. The topological polar surface area (TPSA) is 70.5 Å². The molecule has 9 nitrogen and oxygen atoms in total. The molecule has 3 aromatic carbocycles. The number of fused-ring (bicyclic) bond motifs is 1. The molecule has 0 radical (unpaired) electrons. The Morgan fingerprint density at radius 2 is 1.40 bits per heavy atom. The monoisotopic (exact) mass is 546 g/mol. The summed E-state index contributed by atoms with van der Waals surface area (Å²) in [7, 11) is 8.32. The van der Waals surface area contributed by atoms with Crippen LogP contribution in [-0.2, 0) is 13.0 Å². The highest BCUT2D eigenvalue weighted by atomic mass is 16.5. The first-order chi connectivity index (χ1) is 19.6. The molecule has 0 N–H and O–H groups in total. The van der Waals surface area contributed by atoms with Gasteiger partial charge in [0.25, 0.3) is 0 Å². The molecule has 1 aromatic heterocycles. The second kappa shape index (κ2) is 12.4. The minimum absolute atomic E-state index is 0.589. The lowest BCUT2D eigenvalue weighted by Crippen LogP contribution is -2.47. The summed E-state index contributed by atoms with van der Waals surface area (Å²) in [5.74, 6) is 3.68. The molecule has 212 valence electrons. The van der Waals surface area contributed by atoms with Crippen molar-refractivity contribution in [1.82, 2.24) is 14.7 Å². The first-order valence-corrected chi connectivity index (χ1v) is 13.5. The molecular formula is C31H38N4O5. The second-order valence-corrected chi connectivity index (χ2v) is 9.80. The lowest BCUT2D eigenvalue weighted by Gasteiger charge is -2.36. The Balaban J connectivity index is 1.34. The van der Waals surface area contributed by atoms with Gasteiger partial charge in [-0.05, 0) is 35.9 Å². The van der Waals surface area contributed by atoms with Crippen molar-refractivity contribution in [1.29, 1.82) is 0 Å². The van der Waals surface area contributed by atoms with E-state index in [1.54, 1.807) is 35.5 Å². The summed E-state index contributed by atoms with van der Waals surface area (Å²) in [6.07, 6.45) is 0.837. The number of anilines is 1. The number of ether oxygens (including phenoxy) is 5. The predicted octanol–water partition coefficient (Wildman–Crippen LogP) is 4.49. The zero-order chi connectivity index (χ0) is 28.1. The van der Waals surface area contributed by atoms with Gasteiger partial charge in [-0.25, -0.2) is 0 Å². The van der Waals surface area contributed by atoms with Crippen molar-refractivity contribution in [3.05, 3.63) is 65.9 Å². The first-order valence-electron chi connectivity index (χ1n) is 13.5. The van der Waals surface area contributed by atoms with Gasteiger partial charge in [0.05, 0.1) is 53.3 Å². The van der Waals surface area contributed by atoms with Crippen LogP contribution >= 0.6 is 0 Å². The number of methoxy groups -OCH3 is 5. The minimum atomic E-state index is 0.589. The van der Waals surface area contributed by atoms with E-state index in [1.807, 2.05) is 47.1 Å². The molecule has 0 amide bonds. The van der Waals surface area contributed by atoms with Crippen molar-refractivity contribution >= 4 is 16.6 Å². The second-order valence-electron chi connectivity index (χ2n) is 9.80. The lowest BCUT2D eigenvalue weighted by atomic mass is 10.1. The summed E-state index contributed by atoms with van der Waals surface area (Å²) in [5.41, 5.74) is 4.33. The molecule has 4 aromatic rings. The fourth-order valence-corrected chi connectivity index (χ4v) is 5.32. The van der Waals surface area contributed by atoms with Gasteiger partial charge in [0.15, 0.2) is 23.0 Å². The summed E-state index contributed by atoms with van der Waals surface area (Å²) in [6.45, 7) is 5.48. The van der Waals surface area contributed by atoms with Crippen molar-refractivity contribution in [2.45, 2.75) is 13.0 Å². The number of hydrogen-bond acceptors (Lipinski definition) is 8. The fraction of sp³-hybridized carbons (Fsp3) is 0.387. The van der Waals surface area contributed by atoms with Crippen molar-refractivity contribution in [2.75, 3.05) is 73.2 Å². The highest BCUT2D eigenvalue weighted by Gasteiger charge is 2.20. The zero-order valence-corrected chi connectivity index (χ0v) is 24.0. The number of hydrogen-bond donors (Lipinski definition) is 0. The largest absolute Gasteiger partial charge is 0.497 e. The van der Waals surface area contributed by atoms with Crippen molar-refractivity contribution in [3.63, 3.8) is 0 Å². The van der Waals surface area contributed by atoms with Crippen LogP contribution in [0.15, 0.2) is 54.6 Å². The van der Waals surface area contributed by atoms with Crippen LogP contribution in [0.5, 0.6) is 28.7 Å². The van der Waals surface area contributed by atoms with Crippen LogP contribution in [0, 0.1) is 0 Å². The average molecular weight is 547 g/mol. The van der Waals surface area contributed by atoms with Gasteiger partial charge in [-0.3, -0.25) is 9.58 Å². The molecule has 40 heavy (non-hydrogen) atoms. The van der Waals surface area contributed by atoms with E-state index in [1.165, 1.54) is 5.69 Å². The molecule has 1 aliphatic rings. The van der Waals surface area contributed by atoms with E-state index < -0.39 is 0 Å². The summed E-state index contributed by atoms with van der Waals surface area (Å²) in [5, 5.41) is 6.16. The third-order valence-corrected chi connectivity index (χ3v) is 7.57. The maximum Gasteiger partial charge on any atom is 0.162 e. The summed E-state index contributed by atoms with van der Waals surface area (Å²) in [4.78, 5) is 4.93. The van der Waals surface area contributed by atoms with Gasteiger partial charge < -0.3 is 28.6 Å². The van der Waals surface area contributed by atoms with Gasteiger partial charge in [0.2, 0.25) is 0 Å². The predicted molar refractivity (Wildman–Crippen MR) is 157 cm³/mol. The van der Waals surface area contributed by atoms with E-state index in [4.69, 9.17) is 28.8 Å².